The molecule has 0 spiro atoms. The number of nitrogens with one attached hydrogen (secondary N) is 1. The lowest BCUT2D eigenvalue weighted by Gasteiger charge is -2.06. The van der Waals surface area contributed by atoms with E-state index in [9.17, 15) is 0 Å². The van der Waals surface area contributed by atoms with Crippen molar-refractivity contribution < 1.29 is 0 Å². The van der Waals surface area contributed by atoms with Crippen LogP contribution >= 0.6 is 11.6 Å². The van der Waals surface area contributed by atoms with E-state index in [0.717, 1.165) is 35.8 Å². The summed E-state index contributed by atoms with van der Waals surface area (Å²) in [7, 11) is 0. The van der Waals surface area contributed by atoms with Crippen LogP contribution in [0.5, 0.6) is 0 Å². The molecule has 18 heavy (non-hydrogen) atoms. The van der Waals surface area contributed by atoms with Crippen LogP contribution in [0.1, 0.15) is 24.5 Å². The summed E-state index contributed by atoms with van der Waals surface area (Å²) in [5.41, 5.74) is 3.31. The normalized spacial score (nSPS) is 10.6. The van der Waals surface area contributed by atoms with Crippen molar-refractivity contribution in [2.45, 2.75) is 33.4 Å². The average Bonchev–Trinajstić information content (AvgIpc) is 2.79. The molecule has 4 heteroatoms. The molecular weight excluding hydrogens is 246 g/mol. The second kappa shape index (κ2) is 5.91. The van der Waals surface area contributed by atoms with Crippen molar-refractivity contribution in [1.82, 2.24) is 9.78 Å². The Bertz CT molecular complexity index is 520. The molecule has 2 rings (SSSR count). The van der Waals surface area contributed by atoms with Gasteiger partial charge in [-0.15, -0.1) is 0 Å². The zero-order valence-corrected chi connectivity index (χ0v) is 11.5. The van der Waals surface area contributed by atoms with Crippen LogP contribution < -0.4 is 5.32 Å². The number of halogens is 1. The van der Waals surface area contributed by atoms with E-state index in [-0.39, 0.29) is 0 Å². The zero-order chi connectivity index (χ0) is 13.0. The third kappa shape index (κ3) is 3.26. The molecule has 0 aliphatic heterocycles. The minimum Gasteiger partial charge on any atom is -0.381 e. The van der Waals surface area contributed by atoms with Gasteiger partial charge in [0.15, 0.2) is 0 Å². The van der Waals surface area contributed by atoms with Crippen LogP contribution in [0, 0.1) is 6.92 Å². The first-order chi connectivity index (χ1) is 8.69. The summed E-state index contributed by atoms with van der Waals surface area (Å²) < 4.78 is 1.97. The molecule has 3 nitrogen and oxygen atoms in total. The van der Waals surface area contributed by atoms with Gasteiger partial charge in [0.2, 0.25) is 0 Å². The predicted octanol–water partition coefficient (Wildman–Crippen LogP) is 3.87. The Kier molecular flexibility index (Phi) is 4.26. The van der Waals surface area contributed by atoms with Gasteiger partial charge in [-0.1, -0.05) is 24.6 Å². The lowest BCUT2D eigenvalue weighted by molar-refractivity contribution is 0.602. The number of anilines is 1. The molecule has 1 heterocycles. The second-order valence-corrected chi connectivity index (χ2v) is 4.84. The predicted molar refractivity (Wildman–Crippen MR) is 76.0 cm³/mol. The lowest BCUT2D eigenvalue weighted by Crippen LogP contribution is -1.99. The number of aromatic nitrogens is 2. The van der Waals surface area contributed by atoms with Gasteiger partial charge in [0.25, 0.3) is 0 Å². The Morgan fingerprint density at radius 2 is 2.22 bits per heavy atom. The fourth-order valence-corrected chi connectivity index (χ4v) is 1.94. The summed E-state index contributed by atoms with van der Waals surface area (Å²) in [5.74, 6) is 0. The Morgan fingerprint density at radius 3 is 2.94 bits per heavy atom. The molecule has 0 saturated carbocycles. The van der Waals surface area contributed by atoms with Crippen LogP contribution in [-0.4, -0.2) is 9.78 Å². The molecule has 0 aliphatic rings. The first-order valence-electron chi connectivity index (χ1n) is 6.20. The third-order valence-electron chi connectivity index (χ3n) is 2.81. The van der Waals surface area contributed by atoms with Gasteiger partial charge in [0.1, 0.15) is 0 Å². The molecule has 0 saturated heterocycles. The molecule has 0 radical (unpaired) electrons. The van der Waals surface area contributed by atoms with Gasteiger partial charge < -0.3 is 5.32 Å². The van der Waals surface area contributed by atoms with Crippen LogP contribution in [0.4, 0.5) is 5.69 Å². The second-order valence-electron chi connectivity index (χ2n) is 4.43. The SMILES string of the molecule is CCCn1cc(CNc2ccc(C)c(Cl)c2)cn1. The zero-order valence-electron chi connectivity index (χ0n) is 10.8. The fraction of sp³-hybridized carbons (Fsp3) is 0.357. The molecule has 0 aliphatic carbocycles. The topological polar surface area (TPSA) is 29.9 Å². The van der Waals surface area contributed by atoms with Crippen molar-refractivity contribution >= 4 is 17.3 Å². The number of rotatable bonds is 5. The molecule has 2 aromatic rings. The first-order valence-corrected chi connectivity index (χ1v) is 6.58. The third-order valence-corrected chi connectivity index (χ3v) is 3.22. The van der Waals surface area contributed by atoms with Crippen molar-refractivity contribution in [1.29, 1.82) is 0 Å². The molecule has 0 amide bonds. The summed E-state index contributed by atoms with van der Waals surface area (Å²) in [5, 5.41) is 8.44. The number of benzene rings is 1. The van der Waals surface area contributed by atoms with Crippen molar-refractivity contribution in [3.05, 3.63) is 46.7 Å². The molecule has 1 aromatic carbocycles. The van der Waals surface area contributed by atoms with Gasteiger partial charge in [0.05, 0.1) is 6.20 Å². The summed E-state index contributed by atoms with van der Waals surface area (Å²) in [6, 6.07) is 6.01. The van der Waals surface area contributed by atoms with Crippen LogP contribution in [0.25, 0.3) is 0 Å². The lowest BCUT2D eigenvalue weighted by atomic mass is 10.2. The van der Waals surface area contributed by atoms with E-state index in [4.69, 9.17) is 11.6 Å². The van der Waals surface area contributed by atoms with Crippen molar-refractivity contribution in [3.8, 4) is 0 Å². The highest BCUT2D eigenvalue weighted by molar-refractivity contribution is 6.31. The maximum Gasteiger partial charge on any atom is 0.0539 e. The molecule has 0 bridgehead atoms. The number of hydrogen-bond acceptors (Lipinski definition) is 2. The van der Waals surface area contributed by atoms with Crippen LogP contribution in [0.15, 0.2) is 30.6 Å². The van der Waals surface area contributed by atoms with E-state index in [2.05, 4.69) is 23.5 Å². The molecule has 0 unspecified atom stereocenters. The molecule has 1 N–H and O–H groups in total. The monoisotopic (exact) mass is 263 g/mol. The highest BCUT2D eigenvalue weighted by Crippen LogP contribution is 2.20. The van der Waals surface area contributed by atoms with Gasteiger partial charge in [-0.3, -0.25) is 4.68 Å². The van der Waals surface area contributed by atoms with Gasteiger partial charge >= 0.3 is 0 Å². The minimum absolute atomic E-state index is 0.767. The highest BCUT2D eigenvalue weighted by Gasteiger charge is 2.00. The van der Waals surface area contributed by atoms with E-state index in [0.29, 0.717) is 0 Å². The fourth-order valence-electron chi connectivity index (χ4n) is 1.76. The molecule has 1 aromatic heterocycles. The maximum atomic E-state index is 6.08. The molecule has 0 fully saturated rings. The number of nitrogens with zero attached hydrogens (tertiary/aromatic N) is 2. The van der Waals surface area contributed by atoms with Gasteiger partial charge in [-0.2, -0.15) is 5.10 Å². The molecule has 96 valence electrons. The molecular formula is C14H18ClN3. The molecule has 0 atom stereocenters. The number of aryl methyl sites for hydroxylation is 2. The van der Waals surface area contributed by atoms with Gasteiger partial charge in [-0.05, 0) is 31.0 Å². The van der Waals surface area contributed by atoms with E-state index in [1.165, 1.54) is 5.56 Å². The van der Waals surface area contributed by atoms with E-state index >= 15 is 0 Å². The smallest absolute Gasteiger partial charge is 0.0539 e. The van der Waals surface area contributed by atoms with Gasteiger partial charge in [-0.25, -0.2) is 0 Å². The Balaban J connectivity index is 1.95. The van der Waals surface area contributed by atoms with E-state index in [1.807, 2.05) is 36.0 Å². The number of hydrogen-bond donors (Lipinski definition) is 1. The van der Waals surface area contributed by atoms with Crippen LogP contribution in [0.3, 0.4) is 0 Å². The van der Waals surface area contributed by atoms with Crippen molar-refractivity contribution in [2.24, 2.45) is 0 Å². The van der Waals surface area contributed by atoms with Crippen molar-refractivity contribution in [2.75, 3.05) is 5.32 Å². The minimum atomic E-state index is 0.767. The highest BCUT2D eigenvalue weighted by atomic mass is 35.5. The van der Waals surface area contributed by atoms with Crippen LogP contribution in [-0.2, 0) is 13.1 Å². The standard InChI is InChI=1S/C14H18ClN3/c1-3-6-18-10-12(9-17-18)8-16-13-5-4-11(2)14(15)7-13/h4-5,7,9-10,16H,3,6,8H2,1-2H3. The van der Waals surface area contributed by atoms with E-state index < -0.39 is 0 Å². The quantitative estimate of drug-likeness (QED) is 0.888. The van der Waals surface area contributed by atoms with Crippen molar-refractivity contribution in [3.63, 3.8) is 0 Å². The maximum absolute atomic E-state index is 6.08. The summed E-state index contributed by atoms with van der Waals surface area (Å²) in [6.45, 7) is 5.88. The summed E-state index contributed by atoms with van der Waals surface area (Å²) >= 11 is 6.08. The summed E-state index contributed by atoms with van der Waals surface area (Å²) in [6.07, 6.45) is 5.08. The Hall–Kier alpha value is -1.48. The largest absolute Gasteiger partial charge is 0.381 e. The average molecular weight is 264 g/mol. The Labute approximate surface area is 113 Å². The van der Waals surface area contributed by atoms with Crippen LogP contribution in [0.2, 0.25) is 5.02 Å². The van der Waals surface area contributed by atoms with Gasteiger partial charge in [0, 0.05) is 35.6 Å². The first kappa shape index (κ1) is 13.0. The Morgan fingerprint density at radius 1 is 1.39 bits per heavy atom. The summed E-state index contributed by atoms with van der Waals surface area (Å²) in [4.78, 5) is 0. The van der Waals surface area contributed by atoms with E-state index in [1.54, 1.807) is 0 Å².